The van der Waals surface area contributed by atoms with Crippen molar-refractivity contribution in [3.63, 3.8) is 0 Å². The summed E-state index contributed by atoms with van der Waals surface area (Å²) in [5.74, 6) is 0.338. The molecule has 2 aliphatic heterocycles. The van der Waals surface area contributed by atoms with Crippen LogP contribution in [-0.4, -0.2) is 54.8 Å². The standard InChI is InChI=1S/C26H30F3N5O2/c27-26(28,29)21-14-23(33-12-8-20(17-35)9-13-33)32-24(15-21)34-11-1-2-22(34)25(36)31-10-7-18-3-5-19(16-30)6-4-18/h3-6,14-15,20,22,35H,1-2,7-13,17H2,(H,31,36)/t22-/m0/s1. The van der Waals surface area contributed by atoms with E-state index in [-0.39, 0.29) is 30.1 Å². The molecule has 0 unspecified atom stereocenters. The highest BCUT2D eigenvalue weighted by Gasteiger charge is 2.36. The van der Waals surface area contributed by atoms with Crippen molar-refractivity contribution >= 4 is 17.5 Å². The van der Waals surface area contributed by atoms with E-state index in [1.807, 2.05) is 17.0 Å². The molecule has 0 saturated carbocycles. The van der Waals surface area contributed by atoms with Crippen LogP contribution >= 0.6 is 0 Å². The first-order valence-corrected chi connectivity index (χ1v) is 12.3. The Kier molecular flexibility index (Phi) is 7.99. The van der Waals surface area contributed by atoms with Gasteiger partial charge in [-0.05, 0) is 67.9 Å². The van der Waals surface area contributed by atoms with Crippen LogP contribution in [0.1, 0.15) is 42.4 Å². The molecule has 0 spiro atoms. The van der Waals surface area contributed by atoms with Gasteiger partial charge in [-0.15, -0.1) is 0 Å². The van der Waals surface area contributed by atoms with Gasteiger partial charge in [-0.1, -0.05) is 12.1 Å². The van der Waals surface area contributed by atoms with Gasteiger partial charge in [0.1, 0.15) is 17.7 Å². The molecule has 1 aromatic heterocycles. The van der Waals surface area contributed by atoms with Crippen molar-refractivity contribution in [2.75, 3.05) is 42.6 Å². The lowest BCUT2D eigenvalue weighted by molar-refractivity contribution is -0.137. The van der Waals surface area contributed by atoms with Gasteiger partial charge in [0, 0.05) is 32.8 Å². The fourth-order valence-electron chi connectivity index (χ4n) is 4.83. The van der Waals surface area contributed by atoms with Gasteiger partial charge in [-0.25, -0.2) is 4.98 Å². The lowest BCUT2D eigenvalue weighted by atomic mass is 9.98. The molecule has 2 N–H and O–H groups in total. The van der Waals surface area contributed by atoms with Crippen LogP contribution in [0.5, 0.6) is 0 Å². The third-order valence-corrected chi connectivity index (χ3v) is 6.97. The van der Waals surface area contributed by atoms with E-state index in [2.05, 4.69) is 16.4 Å². The molecule has 2 saturated heterocycles. The number of carbonyl (C=O) groups is 1. The van der Waals surface area contributed by atoms with Crippen LogP contribution in [-0.2, 0) is 17.4 Å². The SMILES string of the molecule is N#Cc1ccc(CCNC(=O)[C@@H]2CCCN2c2cc(C(F)(F)F)cc(N3CCC(CO)CC3)n2)cc1. The number of pyridine rings is 1. The lowest BCUT2D eigenvalue weighted by Gasteiger charge is -2.33. The average molecular weight is 502 g/mol. The molecule has 4 rings (SSSR count). The third kappa shape index (κ3) is 6.08. The van der Waals surface area contributed by atoms with E-state index in [0.29, 0.717) is 63.8 Å². The number of benzene rings is 1. The minimum absolute atomic E-state index is 0.0743. The summed E-state index contributed by atoms with van der Waals surface area (Å²) < 4.78 is 41.3. The first-order chi connectivity index (χ1) is 17.3. The predicted molar refractivity (Wildman–Crippen MR) is 130 cm³/mol. The Labute approximate surface area is 208 Å². The molecule has 0 bridgehead atoms. The number of hydrogen-bond donors (Lipinski definition) is 2. The molecule has 0 radical (unpaired) electrons. The summed E-state index contributed by atoms with van der Waals surface area (Å²) in [6, 6.07) is 10.7. The van der Waals surface area contributed by atoms with Crippen molar-refractivity contribution in [1.29, 1.82) is 5.26 Å². The minimum atomic E-state index is -4.53. The molecule has 3 heterocycles. The van der Waals surface area contributed by atoms with E-state index in [9.17, 15) is 23.1 Å². The van der Waals surface area contributed by atoms with E-state index in [0.717, 1.165) is 17.7 Å². The second-order valence-corrected chi connectivity index (χ2v) is 9.38. The zero-order valence-electron chi connectivity index (χ0n) is 20.0. The summed E-state index contributed by atoms with van der Waals surface area (Å²) in [5, 5.41) is 21.2. The van der Waals surface area contributed by atoms with Gasteiger partial charge in [0.25, 0.3) is 0 Å². The van der Waals surface area contributed by atoms with Crippen LogP contribution in [0.25, 0.3) is 0 Å². The maximum atomic E-state index is 13.8. The number of hydrogen-bond acceptors (Lipinski definition) is 6. The fourth-order valence-corrected chi connectivity index (χ4v) is 4.83. The second kappa shape index (κ2) is 11.2. The maximum Gasteiger partial charge on any atom is 0.416 e. The molecule has 1 atom stereocenters. The van der Waals surface area contributed by atoms with Crippen molar-refractivity contribution in [3.8, 4) is 6.07 Å². The van der Waals surface area contributed by atoms with Gasteiger partial charge in [0.2, 0.25) is 5.91 Å². The fraction of sp³-hybridized carbons (Fsp3) is 0.500. The molecular formula is C26H30F3N5O2. The Morgan fingerprint density at radius 3 is 2.44 bits per heavy atom. The number of nitriles is 1. The Morgan fingerprint density at radius 2 is 1.81 bits per heavy atom. The number of aliphatic hydroxyl groups is 1. The molecule has 36 heavy (non-hydrogen) atoms. The van der Waals surface area contributed by atoms with Crippen LogP contribution in [0.15, 0.2) is 36.4 Å². The van der Waals surface area contributed by atoms with Gasteiger partial charge in [-0.3, -0.25) is 4.79 Å². The smallest absolute Gasteiger partial charge is 0.396 e. The van der Waals surface area contributed by atoms with Gasteiger partial charge in [0.15, 0.2) is 0 Å². The number of nitrogens with one attached hydrogen (secondary N) is 1. The number of alkyl halides is 3. The van der Waals surface area contributed by atoms with Crippen LogP contribution in [0.4, 0.5) is 24.8 Å². The number of aliphatic hydroxyl groups excluding tert-OH is 1. The van der Waals surface area contributed by atoms with Crippen LogP contribution in [0.2, 0.25) is 0 Å². The predicted octanol–water partition coefficient (Wildman–Crippen LogP) is 3.51. The lowest BCUT2D eigenvalue weighted by Crippen LogP contribution is -2.44. The highest BCUT2D eigenvalue weighted by molar-refractivity contribution is 5.85. The minimum Gasteiger partial charge on any atom is -0.396 e. The summed E-state index contributed by atoms with van der Waals surface area (Å²) in [4.78, 5) is 21.0. The van der Waals surface area contributed by atoms with E-state index >= 15 is 0 Å². The van der Waals surface area contributed by atoms with Crippen molar-refractivity contribution < 1.29 is 23.1 Å². The average Bonchev–Trinajstić information content (AvgIpc) is 3.39. The van der Waals surface area contributed by atoms with Crippen LogP contribution < -0.4 is 15.1 Å². The largest absolute Gasteiger partial charge is 0.416 e. The highest BCUT2D eigenvalue weighted by Crippen LogP contribution is 2.36. The number of nitrogens with zero attached hydrogens (tertiary/aromatic N) is 4. The molecule has 2 aliphatic rings. The molecule has 2 fully saturated rings. The Balaban J connectivity index is 1.47. The Bertz CT molecular complexity index is 1090. The van der Waals surface area contributed by atoms with Gasteiger partial charge in [-0.2, -0.15) is 18.4 Å². The number of aromatic nitrogens is 1. The van der Waals surface area contributed by atoms with Gasteiger partial charge >= 0.3 is 6.18 Å². The quantitative estimate of drug-likeness (QED) is 0.603. The summed E-state index contributed by atoms with van der Waals surface area (Å²) >= 11 is 0. The summed E-state index contributed by atoms with van der Waals surface area (Å²) in [5.41, 5.74) is 0.764. The number of amides is 1. The van der Waals surface area contributed by atoms with E-state index in [1.165, 1.54) is 0 Å². The molecular weight excluding hydrogens is 471 g/mol. The monoisotopic (exact) mass is 501 g/mol. The normalized spacial score (nSPS) is 18.8. The van der Waals surface area contributed by atoms with Gasteiger partial charge in [0.05, 0.1) is 17.2 Å². The summed E-state index contributed by atoms with van der Waals surface area (Å²) in [6.07, 6.45) is -1.34. The van der Waals surface area contributed by atoms with E-state index in [4.69, 9.17) is 5.26 Å². The first kappa shape index (κ1) is 25.8. The topological polar surface area (TPSA) is 92.5 Å². The number of halogens is 3. The zero-order chi connectivity index (χ0) is 25.7. The number of rotatable bonds is 7. The van der Waals surface area contributed by atoms with Gasteiger partial charge < -0.3 is 20.2 Å². The van der Waals surface area contributed by atoms with Crippen molar-refractivity contribution in [1.82, 2.24) is 10.3 Å². The zero-order valence-corrected chi connectivity index (χ0v) is 20.0. The van der Waals surface area contributed by atoms with Crippen LogP contribution in [0.3, 0.4) is 0 Å². The first-order valence-electron chi connectivity index (χ1n) is 12.3. The van der Waals surface area contributed by atoms with E-state index in [1.54, 1.807) is 17.0 Å². The van der Waals surface area contributed by atoms with Crippen molar-refractivity contribution in [3.05, 3.63) is 53.1 Å². The molecule has 1 amide bonds. The van der Waals surface area contributed by atoms with E-state index < -0.39 is 17.8 Å². The van der Waals surface area contributed by atoms with Crippen molar-refractivity contribution in [2.24, 2.45) is 5.92 Å². The molecule has 10 heteroatoms. The number of piperidine rings is 1. The number of anilines is 2. The second-order valence-electron chi connectivity index (χ2n) is 9.38. The maximum absolute atomic E-state index is 13.8. The molecule has 7 nitrogen and oxygen atoms in total. The third-order valence-electron chi connectivity index (χ3n) is 6.97. The summed E-state index contributed by atoms with van der Waals surface area (Å²) in [6.45, 7) is 1.96. The summed E-state index contributed by atoms with van der Waals surface area (Å²) in [7, 11) is 0. The molecule has 192 valence electrons. The van der Waals surface area contributed by atoms with Crippen LogP contribution in [0, 0.1) is 17.2 Å². The highest BCUT2D eigenvalue weighted by atomic mass is 19.4. The Hall–Kier alpha value is -3.32. The molecule has 2 aromatic rings. The molecule has 1 aromatic carbocycles. The number of carbonyl (C=O) groups excluding carboxylic acids is 1. The van der Waals surface area contributed by atoms with Crippen molar-refractivity contribution in [2.45, 2.75) is 44.3 Å². The molecule has 0 aliphatic carbocycles. The Morgan fingerprint density at radius 1 is 1.11 bits per heavy atom.